The molecule has 0 saturated heterocycles. The van der Waals surface area contributed by atoms with Crippen molar-refractivity contribution in [1.82, 2.24) is 14.8 Å². The molecule has 0 amide bonds. The lowest BCUT2D eigenvalue weighted by atomic mass is 10.2. The Balaban J connectivity index is 2.25. The summed E-state index contributed by atoms with van der Waals surface area (Å²) in [7, 11) is -14.2. The van der Waals surface area contributed by atoms with Crippen LogP contribution in [0.2, 0.25) is 10.0 Å². The average Bonchev–Trinajstić information content (AvgIpc) is 2.99. The number of hydrogen-bond acceptors (Lipinski definition) is 6. The molecule has 0 aliphatic carbocycles. The maximum absolute atomic E-state index is 13.2. The van der Waals surface area contributed by atoms with Crippen LogP contribution in [0, 0.1) is 11.3 Å². The fourth-order valence-corrected chi connectivity index (χ4v) is 5.25. The lowest BCUT2D eigenvalue weighted by Gasteiger charge is -2.40. The van der Waals surface area contributed by atoms with Crippen LogP contribution in [0.25, 0.3) is 5.69 Å². The Morgan fingerprint density at radius 3 is 2.12 bits per heavy atom. The highest BCUT2D eigenvalue weighted by molar-refractivity contribution is 8.45. The molecule has 2 heterocycles. The lowest BCUT2D eigenvalue weighted by molar-refractivity contribution is 0.364. The normalized spacial score (nSPS) is 14.2. The molecule has 2 aromatic heterocycles. The number of nitrogen functional groups attached to an aromatic ring is 1. The minimum Gasteiger partial charge on any atom is -0.382 e. The second kappa shape index (κ2) is 7.60. The number of rotatable bonds is 6. The van der Waals surface area contributed by atoms with Crippen molar-refractivity contribution in [3.63, 3.8) is 0 Å². The van der Waals surface area contributed by atoms with Crippen LogP contribution in [0.15, 0.2) is 41.6 Å². The highest BCUT2D eigenvalue weighted by Crippen LogP contribution is 3.02. The number of nitriles is 1. The van der Waals surface area contributed by atoms with Gasteiger partial charge in [0.25, 0.3) is 0 Å². The summed E-state index contributed by atoms with van der Waals surface area (Å²) >= 11 is 11.7. The molecular weight excluding hydrogens is 550 g/mol. The van der Waals surface area contributed by atoms with Crippen LogP contribution >= 0.6 is 33.4 Å². The standard InChI is InChI=1S/C17H13Cl2F5N6O2S2/c1-33(31,32)29(9-10-2-4-27-5-3-10)16-14(8-25)28-30(17(16)26)15-12(18)6-11(7-13(15)19)34(20,21,22,23)24/h2-7H,9,26H2,1H3. The van der Waals surface area contributed by atoms with E-state index in [0.717, 1.165) is 10.6 Å². The van der Waals surface area contributed by atoms with Crippen molar-refractivity contribution in [3.8, 4) is 11.8 Å². The van der Waals surface area contributed by atoms with Gasteiger partial charge < -0.3 is 5.73 Å². The summed E-state index contributed by atoms with van der Waals surface area (Å²) < 4.78 is 92.4. The summed E-state index contributed by atoms with van der Waals surface area (Å²) in [5.74, 6) is -0.542. The van der Waals surface area contributed by atoms with Crippen LogP contribution in [0.4, 0.5) is 30.9 Å². The van der Waals surface area contributed by atoms with Crippen molar-refractivity contribution >= 4 is 55.0 Å². The molecule has 0 radical (unpaired) electrons. The van der Waals surface area contributed by atoms with Gasteiger partial charge in [-0.3, -0.25) is 9.29 Å². The predicted octanol–water partition coefficient (Wildman–Crippen LogP) is 5.65. The highest BCUT2D eigenvalue weighted by atomic mass is 35.5. The summed E-state index contributed by atoms with van der Waals surface area (Å²) in [6, 6.07) is 4.53. The van der Waals surface area contributed by atoms with Gasteiger partial charge in [-0.05, 0) is 29.8 Å². The predicted molar refractivity (Wildman–Crippen MR) is 119 cm³/mol. The third-order valence-corrected chi connectivity index (χ3v) is 7.19. The van der Waals surface area contributed by atoms with Crippen molar-refractivity contribution in [2.24, 2.45) is 0 Å². The summed E-state index contributed by atoms with van der Waals surface area (Å²) in [5, 5.41) is 11.5. The van der Waals surface area contributed by atoms with Crippen molar-refractivity contribution in [3.05, 3.63) is 58.0 Å². The molecule has 0 unspecified atom stereocenters. The van der Waals surface area contributed by atoms with Crippen LogP contribution in [-0.2, 0) is 16.6 Å². The van der Waals surface area contributed by atoms with Gasteiger partial charge in [-0.2, -0.15) is 10.4 Å². The molecule has 3 aromatic rings. The third kappa shape index (κ3) is 5.14. The maximum atomic E-state index is 13.2. The van der Waals surface area contributed by atoms with E-state index in [9.17, 15) is 33.1 Å². The number of halogens is 7. The molecule has 0 spiro atoms. The zero-order chi connectivity index (χ0) is 25.8. The van der Waals surface area contributed by atoms with Gasteiger partial charge in [0, 0.05) is 12.4 Å². The van der Waals surface area contributed by atoms with Crippen LogP contribution in [0.5, 0.6) is 0 Å². The first-order valence-corrected chi connectivity index (χ1v) is 13.3. The fourth-order valence-electron chi connectivity index (χ4n) is 2.90. The first-order valence-electron chi connectivity index (χ1n) is 8.72. The van der Waals surface area contributed by atoms with Gasteiger partial charge in [-0.15, -0.1) is 0 Å². The van der Waals surface area contributed by atoms with Crippen LogP contribution in [0.3, 0.4) is 0 Å². The number of nitrogens with two attached hydrogens (primary N) is 1. The van der Waals surface area contributed by atoms with Crippen molar-refractivity contribution in [2.45, 2.75) is 11.4 Å². The summed E-state index contributed by atoms with van der Waals surface area (Å²) in [6.07, 6.45) is 3.62. The molecule has 17 heteroatoms. The number of sulfonamides is 1. The van der Waals surface area contributed by atoms with E-state index in [4.69, 9.17) is 28.9 Å². The number of pyridine rings is 1. The number of benzene rings is 1. The quantitative estimate of drug-likeness (QED) is 0.388. The van der Waals surface area contributed by atoms with E-state index in [1.807, 2.05) is 0 Å². The van der Waals surface area contributed by atoms with Gasteiger partial charge in [-0.1, -0.05) is 42.6 Å². The van der Waals surface area contributed by atoms with E-state index < -0.39 is 58.1 Å². The Kier molecular flexibility index (Phi) is 5.77. The summed E-state index contributed by atoms with van der Waals surface area (Å²) in [5.41, 5.74) is 4.96. The topological polar surface area (TPSA) is 118 Å². The van der Waals surface area contributed by atoms with Gasteiger partial charge in [0.2, 0.25) is 10.0 Å². The average molecular weight is 563 g/mol. The first kappa shape index (κ1) is 25.8. The Labute approximate surface area is 200 Å². The van der Waals surface area contributed by atoms with Crippen LogP contribution in [-0.4, -0.2) is 29.4 Å². The van der Waals surface area contributed by atoms with Gasteiger partial charge in [0.15, 0.2) is 11.5 Å². The Morgan fingerprint density at radius 1 is 1.15 bits per heavy atom. The number of nitrogens with zero attached hydrogens (tertiary/aromatic N) is 5. The number of anilines is 2. The number of aromatic nitrogens is 3. The van der Waals surface area contributed by atoms with Gasteiger partial charge in [-0.25, -0.2) is 13.1 Å². The van der Waals surface area contributed by atoms with Crippen LogP contribution < -0.4 is 10.0 Å². The van der Waals surface area contributed by atoms with E-state index >= 15 is 0 Å². The van der Waals surface area contributed by atoms with Crippen LogP contribution in [0.1, 0.15) is 11.3 Å². The molecule has 0 aliphatic rings. The molecule has 34 heavy (non-hydrogen) atoms. The molecule has 0 atom stereocenters. The molecule has 2 N–H and O–H groups in total. The smallest absolute Gasteiger partial charge is 0.310 e. The SMILES string of the molecule is CS(=O)(=O)N(Cc1ccncc1)c1c(C#N)nn(-c2c(Cl)cc(S(F)(F)(F)(F)F)cc2Cl)c1N. The van der Waals surface area contributed by atoms with E-state index in [-0.39, 0.29) is 18.7 Å². The second-order valence-electron chi connectivity index (χ2n) is 6.94. The van der Waals surface area contributed by atoms with Crippen molar-refractivity contribution < 1.29 is 27.8 Å². The monoisotopic (exact) mass is 562 g/mol. The van der Waals surface area contributed by atoms with E-state index in [0.29, 0.717) is 10.2 Å². The zero-order valence-corrected chi connectivity index (χ0v) is 19.9. The number of hydrogen-bond donors (Lipinski definition) is 1. The highest BCUT2D eigenvalue weighted by Gasteiger charge is 2.65. The summed E-state index contributed by atoms with van der Waals surface area (Å²) in [4.78, 5) is 1.47. The molecule has 1 aromatic carbocycles. The largest absolute Gasteiger partial charge is 0.382 e. The van der Waals surface area contributed by atoms with Gasteiger partial charge in [0.05, 0.1) is 22.8 Å². The molecule has 0 aliphatic heterocycles. The second-order valence-corrected chi connectivity index (χ2v) is 12.1. The van der Waals surface area contributed by atoms with Crippen molar-refractivity contribution in [1.29, 1.82) is 5.26 Å². The van der Waals surface area contributed by atoms with Gasteiger partial charge >= 0.3 is 10.2 Å². The van der Waals surface area contributed by atoms with Crippen molar-refractivity contribution in [2.75, 3.05) is 16.3 Å². The Hall–Kier alpha value is -2.80. The molecule has 3 rings (SSSR count). The van der Waals surface area contributed by atoms with E-state index in [1.165, 1.54) is 24.5 Å². The zero-order valence-electron chi connectivity index (χ0n) is 16.8. The molecule has 0 saturated carbocycles. The lowest BCUT2D eigenvalue weighted by Crippen LogP contribution is -2.30. The molecule has 184 valence electrons. The molecule has 8 nitrogen and oxygen atoms in total. The first-order chi connectivity index (χ1) is 15.3. The molecular formula is C17H13Cl2F5N6O2S2. The minimum absolute atomic E-state index is 0.0531. The third-order valence-electron chi connectivity index (χ3n) is 4.37. The summed E-state index contributed by atoms with van der Waals surface area (Å²) in [6.45, 7) is -0.309. The fraction of sp³-hybridized carbons (Fsp3) is 0.118. The molecule has 0 fully saturated rings. The Morgan fingerprint density at radius 2 is 1.68 bits per heavy atom. The minimum atomic E-state index is -10.1. The Bertz CT molecular complexity index is 1420. The maximum Gasteiger partial charge on any atom is 0.310 e. The van der Waals surface area contributed by atoms with E-state index in [2.05, 4.69) is 10.1 Å². The molecule has 0 bridgehead atoms. The van der Waals surface area contributed by atoms with Gasteiger partial charge in [0.1, 0.15) is 22.3 Å². The van der Waals surface area contributed by atoms with E-state index in [1.54, 1.807) is 6.07 Å².